The molecule has 1 aliphatic rings. The summed E-state index contributed by atoms with van der Waals surface area (Å²) in [5.41, 5.74) is 3.68. The molecule has 0 N–H and O–H groups in total. The molecule has 10 heteroatoms. The minimum Gasteiger partial charge on any atom is -0.444 e. The minimum atomic E-state index is -0.525. The summed E-state index contributed by atoms with van der Waals surface area (Å²) in [6, 6.07) is 8.31. The lowest BCUT2D eigenvalue weighted by Gasteiger charge is -2.34. The molecule has 0 saturated carbocycles. The van der Waals surface area contributed by atoms with Crippen molar-refractivity contribution in [1.82, 2.24) is 29.3 Å². The number of amides is 1. The molecular weight excluding hydrogens is 486 g/mol. The maximum Gasteiger partial charge on any atom is 0.410 e. The number of nitriles is 1. The van der Waals surface area contributed by atoms with E-state index in [1.807, 2.05) is 63.1 Å². The Hall–Kier alpha value is -3.84. The molecule has 1 aliphatic heterocycles. The van der Waals surface area contributed by atoms with E-state index in [2.05, 4.69) is 27.3 Å². The van der Waals surface area contributed by atoms with Crippen LogP contribution in [-0.2, 0) is 4.74 Å². The Morgan fingerprint density at radius 3 is 2.81 bits per heavy atom. The Morgan fingerprint density at radius 2 is 2.05 bits per heavy atom. The molecule has 4 aromatic rings. The number of nitrogens with zero attached hydrogens (tertiary/aromatic N) is 7. The van der Waals surface area contributed by atoms with Crippen LogP contribution in [0.25, 0.3) is 16.6 Å². The van der Waals surface area contributed by atoms with Crippen LogP contribution in [0, 0.1) is 18.3 Å². The maximum atomic E-state index is 12.6. The first-order valence-corrected chi connectivity index (χ1v) is 13.1. The number of hydrogen-bond acceptors (Lipinski definition) is 7. The normalized spacial score (nSPS) is 16.1. The van der Waals surface area contributed by atoms with Gasteiger partial charge in [0.2, 0.25) is 0 Å². The summed E-state index contributed by atoms with van der Waals surface area (Å²) in [4.78, 5) is 19.8. The highest BCUT2D eigenvalue weighted by atomic mass is 32.2. The second-order valence-corrected chi connectivity index (χ2v) is 11.2. The molecule has 4 aromatic heterocycles. The fourth-order valence-electron chi connectivity index (χ4n) is 4.43. The Bertz CT molecular complexity index is 1490. The quantitative estimate of drug-likeness (QED) is 0.354. The van der Waals surface area contributed by atoms with E-state index in [0.717, 1.165) is 45.0 Å². The summed E-state index contributed by atoms with van der Waals surface area (Å²) in [5.74, 6) is 0. The number of likely N-dealkylation sites (tertiary alicyclic amines) is 1. The summed E-state index contributed by atoms with van der Waals surface area (Å²) in [6.45, 7) is 8.90. The molecule has 1 unspecified atom stereocenters. The largest absolute Gasteiger partial charge is 0.444 e. The Kier molecular flexibility index (Phi) is 6.65. The van der Waals surface area contributed by atoms with E-state index in [-0.39, 0.29) is 12.1 Å². The minimum absolute atomic E-state index is 0.0682. The fourth-order valence-corrected chi connectivity index (χ4v) is 5.47. The molecular formula is C27H29N7O2S. The van der Waals surface area contributed by atoms with Gasteiger partial charge in [-0.2, -0.15) is 15.5 Å². The van der Waals surface area contributed by atoms with Gasteiger partial charge in [0, 0.05) is 47.7 Å². The van der Waals surface area contributed by atoms with Crippen LogP contribution in [0.2, 0.25) is 0 Å². The molecule has 0 aromatic carbocycles. The van der Waals surface area contributed by atoms with E-state index in [4.69, 9.17) is 4.74 Å². The predicted molar refractivity (Wildman–Crippen MR) is 140 cm³/mol. The molecule has 0 bridgehead atoms. The average Bonchev–Trinajstić information content (AvgIpc) is 3.52. The highest BCUT2D eigenvalue weighted by Gasteiger charge is 2.29. The van der Waals surface area contributed by atoms with Crippen molar-refractivity contribution in [2.24, 2.45) is 0 Å². The van der Waals surface area contributed by atoms with E-state index in [9.17, 15) is 10.1 Å². The van der Waals surface area contributed by atoms with E-state index in [0.29, 0.717) is 18.7 Å². The van der Waals surface area contributed by atoms with Crippen molar-refractivity contribution < 1.29 is 9.53 Å². The third kappa shape index (κ3) is 5.32. The topological polar surface area (TPSA) is 101 Å². The molecule has 9 nitrogen and oxygen atoms in total. The first-order chi connectivity index (χ1) is 17.7. The fraction of sp³-hybridized carbons (Fsp3) is 0.370. The van der Waals surface area contributed by atoms with E-state index in [1.54, 1.807) is 21.8 Å². The predicted octanol–water partition coefficient (Wildman–Crippen LogP) is 5.50. The summed E-state index contributed by atoms with van der Waals surface area (Å²) in [7, 11) is 0. The van der Waals surface area contributed by atoms with Crippen LogP contribution < -0.4 is 0 Å². The van der Waals surface area contributed by atoms with Gasteiger partial charge in [-0.05, 0) is 58.2 Å². The van der Waals surface area contributed by atoms with Crippen molar-refractivity contribution in [3.63, 3.8) is 0 Å². The van der Waals surface area contributed by atoms with Crippen LogP contribution in [0.3, 0.4) is 0 Å². The molecule has 1 atom stereocenters. The zero-order chi connectivity index (χ0) is 26.2. The van der Waals surface area contributed by atoms with Crippen molar-refractivity contribution in [2.45, 2.75) is 62.1 Å². The Morgan fingerprint density at radius 1 is 1.22 bits per heavy atom. The van der Waals surface area contributed by atoms with Crippen LogP contribution in [0.1, 0.15) is 50.8 Å². The van der Waals surface area contributed by atoms with Crippen molar-refractivity contribution in [2.75, 3.05) is 13.1 Å². The van der Waals surface area contributed by atoms with Gasteiger partial charge in [0.1, 0.15) is 16.7 Å². The smallest absolute Gasteiger partial charge is 0.410 e. The van der Waals surface area contributed by atoms with Gasteiger partial charge in [-0.15, -0.1) is 0 Å². The number of ether oxygens (including phenoxy) is 1. The van der Waals surface area contributed by atoms with Crippen LogP contribution in [0.5, 0.6) is 0 Å². The molecule has 5 rings (SSSR count). The number of carbonyl (C=O) groups is 1. The van der Waals surface area contributed by atoms with Gasteiger partial charge < -0.3 is 9.64 Å². The molecule has 190 valence electrons. The standard InChI is InChI=1S/C27H29N7O2S/c1-18-7-5-9-29-25(18)37-23-11-19(15-34-24(23)20(12-28)13-31-34)21-14-30-33(16-21)22-8-6-10-32(17-22)26(35)36-27(2,3)4/h5,7,9,11,13-16,22H,6,8,10,17H2,1-4H3. The van der Waals surface area contributed by atoms with Crippen molar-refractivity contribution in [1.29, 1.82) is 5.26 Å². The molecule has 0 spiro atoms. The molecule has 1 amide bonds. The summed E-state index contributed by atoms with van der Waals surface area (Å²) >= 11 is 1.52. The number of aryl methyl sites for hydroxylation is 1. The van der Waals surface area contributed by atoms with Gasteiger partial charge in [0.25, 0.3) is 0 Å². The van der Waals surface area contributed by atoms with Gasteiger partial charge in [-0.1, -0.05) is 17.8 Å². The Balaban J connectivity index is 1.44. The van der Waals surface area contributed by atoms with Crippen molar-refractivity contribution in [3.8, 4) is 17.2 Å². The third-order valence-electron chi connectivity index (χ3n) is 6.22. The van der Waals surface area contributed by atoms with Crippen molar-refractivity contribution >= 4 is 23.4 Å². The first-order valence-electron chi connectivity index (χ1n) is 12.3. The van der Waals surface area contributed by atoms with Gasteiger partial charge in [0.15, 0.2) is 0 Å². The highest BCUT2D eigenvalue weighted by molar-refractivity contribution is 7.99. The number of fused-ring (bicyclic) bond motifs is 1. The van der Waals surface area contributed by atoms with Crippen LogP contribution in [-0.4, -0.2) is 54.1 Å². The van der Waals surface area contributed by atoms with E-state index < -0.39 is 5.60 Å². The zero-order valence-corrected chi connectivity index (χ0v) is 22.2. The number of carbonyl (C=O) groups excluding carboxylic acids is 1. The summed E-state index contributed by atoms with van der Waals surface area (Å²) < 4.78 is 9.26. The lowest BCUT2D eigenvalue weighted by atomic mass is 10.1. The second kappa shape index (κ2) is 9.90. The molecule has 1 saturated heterocycles. The van der Waals surface area contributed by atoms with Gasteiger partial charge in [-0.25, -0.2) is 14.3 Å². The van der Waals surface area contributed by atoms with Crippen LogP contribution in [0.4, 0.5) is 4.79 Å². The first kappa shape index (κ1) is 24.8. The summed E-state index contributed by atoms with van der Waals surface area (Å²) in [5, 5.41) is 19.6. The number of aromatic nitrogens is 5. The molecule has 37 heavy (non-hydrogen) atoms. The Labute approximate surface area is 220 Å². The molecule has 0 radical (unpaired) electrons. The van der Waals surface area contributed by atoms with Gasteiger partial charge >= 0.3 is 6.09 Å². The highest BCUT2D eigenvalue weighted by Crippen LogP contribution is 2.36. The second-order valence-electron chi connectivity index (χ2n) is 10.2. The molecule has 0 aliphatic carbocycles. The SMILES string of the molecule is Cc1cccnc1Sc1cc(-c2cnn(C3CCCN(C(=O)OC(C)(C)C)C3)c2)cn2ncc(C#N)c12. The molecule has 1 fully saturated rings. The number of piperidine rings is 1. The third-order valence-corrected chi connectivity index (χ3v) is 7.37. The molecule has 5 heterocycles. The lowest BCUT2D eigenvalue weighted by molar-refractivity contribution is 0.0167. The van der Waals surface area contributed by atoms with Crippen molar-refractivity contribution in [3.05, 3.63) is 60.3 Å². The number of hydrogen-bond donors (Lipinski definition) is 0. The number of pyridine rings is 2. The maximum absolute atomic E-state index is 12.6. The van der Waals surface area contributed by atoms with Gasteiger partial charge in [-0.3, -0.25) is 4.68 Å². The number of rotatable bonds is 4. The van der Waals surface area contributed by atoms with E-state index >= 15 is 0 Å². The van der Waals surface area contributed by atoms with Crippen LogP contribution >= 0.6 is 11.8 Å². The van der Waals surface area contributed by atoms with Crippen LogP contribution in [0.15, 0.2) is 59.1 Å². The monoisotopic (exact) mass is 515 g/mol. The lowest BCUT2D eigenvalue weighted by Crippen LogP contribution is -2.43. The summed E-state index contributed by atoms with van der Waals surface area (Å²) in [6.07, 6.45) is 10.7. The zero-order valence-electron chi connectivity index (χ0n) is 21.4. The van der Waals surface area contributed by atoms with Gasteiger partial charge in [0.05, 0.1) is 29.5 Å². The van der Waals surface area contributed by atoms with E-state index in [1.165, 1.54) is 11.8 Å². The average molecular weight is 516 g/mol.